The molecule has 0 radical (unpaired) electrons. The molecule has 0 N–H and O–H groups in total. The van der Waals surface area contributed by atoms with Crippen LogP contribution in [-0.4, -0.2) is 15.7 Å². The fourth-order valence-electron chi connectivity index (χ4n) is 3.12. The minimum Gasteiger partial charge on any atom is -0.294 e. The Balaban J connectivity index is 2.30. The van der Waals surface area contributed by atoms with Crippen LogP contribution in [-0.2, 0) is 6.42 Å². The van der Waals surface area contributed by atoms with Crippen molar-refractivity contribution in [3.05, 3.63) is 45.1 Å². The van der Waals surface area contributed by atoms with Crippen LogP contribution >= 0.6 is 0 Å². The number of non-ortho nitro benzene ring substituents is 1. The molecule has 3 rings (SSSR count). The lowest BCUT2D eigenvalue weighted by atomic mass is 9.74. The SMILES string of the molecule is Cc1c2c(nc3ccc([N+](=O)[O-])cc13)CC(C)(C)CC2=O. The number of ketones is 1. The smallest absolute Gasteiger partial charge is 0.270 e. The van der Waals surface area contributed by atoms with Crippen LogP contribution in [0.5, 0.6) is 0 Å². The number of Topliss-reactive ketones (excluding diaryl/α,β-unsaturated/α-hetero) is 1. The summed E-state index contributed by atoms with van der Waals surface area (Å²) in [7, 11) is 0. The summed E-state index contributed by atoms with van der Waals surface area (Å²) in [6, 6.07) is 4.62. The Morgan fingerprint density at radius 1 is 1.29 bits per heavy atom. The van der Waals surface area contributed by atoms with Crippen molar-refractivity contribution in [3.8, 4) is 0 Å². The second kappa shape index (κ2) is 4.35. The number of nitrogens with zero attached hydrogens (tertiary/aromatic N) is 2. The van der Waals surface area contributed by atoms with Crippen molar-refractivity contribution in [2.45, 2.75) is 33.6 Å². The molecule has 5 nitrogen and oxygen atoms in total. The van der Waals surface area contributed by atoms with Gasteiger partial charge in [0.05, 0.1) is 16.1 Å². The first-order chi connectivity index (χ1) is 9.78. The summed E-state index contributed by atoms with van der Waals surface area (Å²) in [6.45, 7) is 5.97. The molecule has 1 aromatic heterocycles. The van der Waals surface area contributed by atoms with Crippen LogP contribution in [0.1, 0.15) is 41.9 Å². The molecule has 0 amide bonds. The predicted octanol–water partition coefficient (Wildman–Crippen LogP) is 3.61. The van der Waals surface area contributed by atoms with Crippen LogP contribution in [0.3, 0.4) is 0 Å². The number of aromatic nitrogens is 1. The lowest BCUT2D eigenvalue weighted by Gasteiger charge is -2.30. The third-order valence-corrected chi connectivity index (χ3v) is 4.08. The number of benzene rings is 1. The van der Waals surface area contributed by atoms with Crippen LogP contribution < -0.4 is 0 Å². The first kappa shape index (κ1) is 13.7. The molecule has 1 aromatic carbocycles. The monoisotopic (exact) mass is 284 g/mol. The zero-order valence-corrected chi connectivity index (χ0v) is 12.3. The average Bonchev–Trinajstić information content (AvgIpc) is 2.36. The van der Waals surface area contributed by atoms with E-state index in [0.29, 0.717) is 22.9 Å². The molecule has 1 aliphatic carbocycles. The van der Waals surface area contributed by atoms with Crippen LogP contribution in [0.4, 0.5) is 5.69 Å². The summed E-state index contributed by atoms with van der Waals surface area (Å²) < 4.78 is 0. The Morgan fingerprint density at radius 3 is 2.67 bits per heavy atom. The molecule has 2 aromatic rings. The third-order valence-electron chi connectivity index (χ3n) is 4.08. The molecule has 0 saturated carbocycles. The van der Waals surface area contributed by atoms with Gasteiger partial charge in [0.1, 0.15) is 0 Å². The van der Waals surface area contributed by atoms with E-state index in [2.05, 4.69) is 18.8 Å². The van der Waals surface area contributed by atoms with Gasteiger partial charge in [0.2, 0.25) is 0 Å². The van der Waals surface area contributed by atoms with E-state index in [0.717, 1.165) is 17.7 Å². The minimum absolute atomic E-state index is 0.0240. The Labute approximate surface area is 122 Å². The van der Waals surface area contributed by atoms with E-state index in [-0.39, 0.29) is 16.9 Å². The molecule has 108 valence electrons. The molecule has 0 fully saturated rings. The molecule has 0 bridgehead atoms. The van der Waals surface area contributed by atoms with Crippen molar-refractivity contribution in [1.82, 2.24) is 4.98 Å². The number of fused-ring (bicyclic) bond motifs is 2. The van der Waals surface area contributed by atoms with Gasteiger partial charge in [-0.05, 0) is 30.4 Å². The quantitative estimate of drug-likeness (QED) is 0.592. The summed E-state index contributed by atoms with van der Waals surface area (Å²) in [6.07, 6.45) is 1.24. The maximum absolute atomic E-state index is 12.4. The number of rotatable bonds is 1. The van der Waals surface area contributed by atoms with Gasteiger partial charge in [-0.2, -0.15) is 0 Å². The van der Waals surface area contributed by atoms with Gasteiger partial charge in [-0.3, -0.25) is 19.9 Å². The van der Waals surface area contributed by atoms with Gasteiger partial charge in [0.15, 0.2) is 5.78 Å². The van der Waals surface area contributed by atoms with E-state index in [1.165, 1.54) is 12.1 Å². The van der Waals surface area contributed by atoms with Crippen LogP contribution in [0, 0.1) is 22.5 Å². The maximum Gasteiger partial charge on any atom is 0.270 e. The number of carbonyl (C=O) groups is 1. The molecule has 0 unspecified atom stereocenters. The van der Waals surface area contributed by atoms with Crippen molar-refractivity contribution in [3.63, 3.8) is 0 Å². The first-order valence-corrected chi connectivity index (χ1v) is 6.89. The van der Waals surface area contributed by atoms with E-state index in [4.69, 9.17) is 0 Å². The van der Waals surface area contributed by atoms with Crippen molar-refractivity contribution in [1.29, 1.82) is 0 Å². The highest BCUT2D eigenvalue weighted by atomic mass is 16.6. The lowest BCUT2D eigenvalue weighted by Crippen LogP contribution is -2.28. The zero-order valence-electron chi connectivity index (χ0n) is 12.3. The van der Waals surface area contributed by atoms with Gasteiger partial charge >= 0.3 is 0 Å². The molecule has 1 heterocycles. The van der Waals surface area contributed by atoms with Gasteiger partial charge in [0, 0.05) is 29.5 Å². The molecule has 0 saturated heterocycles. The normalized spacial score (nSPS) is 16.8. The maximum atomic E-state index is 12.4. The fraction of sp³-hybridized carbons (Fsp3) is 0.375. The number of nitro benzene ring substituents is 1. The highest BCUT2D eigenvalue weighted by Gasteiger charge is 2.33. The predicted molar refractivity (Wildman–Crippen MR) is 79.6 cm³/mol. The van der Waals surface area contributed by atoms with E-state index < -0.39 is 4.92 Å². The summed E-state index contributed by atoms with van der Waals surface area (Å²) in [5.74, 6) is 0.0830. The fourth-order valence-corrected chi connectivity index (χ4v) is 3.12. The molecule has 5 heteroatoms. The number of pyridine rings is 1. The molecule has 1 aliphatic rings. The van der Waals surface area contributed by atoms with Crippen molar-refractivity contribution >= 4 is 22.4 Å². The molecule has 0 spiro atoms. The van der Waals surface area contributed by atoms with Crippen molar-refractivity contribution < 1.29 is 9.72 Å². The second-order valence-electron chi connectivity index (χ2n) is 6.46. The topological polar surface area (TPSA) is 73.1 Å². The summed E-state index contributed by atoms with van der Waals surface area (Å²) in [5, 5.41) is 11.6. The minimum atomic E-state index is -0.427. The Bertz CT molecular complexity index is 794. The standard InChI is InChI=1S/C16H16N2O3/c1-9-11-6-10(18(20)21)4-5-12(11)17-13-7-16(2,3)8-14(19)15(9)13/h4-6H,7-8H2,1-3H3. The van der Waals surface area contributed by atoms with Crippen molar-refractivity contribution in [2.75, 3.05) is 0 Å². The molecular weight excluding hydrogens is 268 g/mol. The van der Waals surface area contributed by atoms with E-state index >= 15 is 0 Å². The van der Waals surface area contributed by atoms with Gasteiger partial charge in [-0.15, -0.1) is 0 Å². The van der Waals surface area contributed by atoms with Gasteiger partial charge < -0.3 is 0 Å². The van der Waals surface area contributed by atoms with Gasteiger partial charge in [-0.25, -0.2) is 0 Å². The number of carbonyl (C=O) groups excluding carboxylic acids is 1. The molecule has 21 heavy (non-hydrogen) atoms. The van der Waals surface area contributed by atoms with E-state index in [1.54, 1.807) is 6.07 Å². The van der Waals surface area contributed by atoms with Gasteiger partial charge in [-0.1, -0.05) is 13.8 Å². The third kappa shape index (κ3) is 2.18. The Morgan fingerprint density at radius 2 is 2.00 bits per heavy atom. The van der Waals surface area contributed by atoms with Crippen molar-refractivity contribution in [2.24, 2.45) is 5.41 Å². The molecule has 0 atom stereocenters. The van der Waals surface area contributed by atoms with Crippen LogP contribution in [0.2, 0.25) is 0 Å². The largest absolute Gasteiger partial charge is 0.294 e. The summed E-state index contributed by atoms with van der Waals surface area (Å²) in [5.41, 5.74) is 2.92. The highest BCUT2D eigenvalue weighted by molar-refractivity contribution is 6.04. The lowest BCUT2D eigenvalue weighted by molar-refractivity contribution is -0.384. The van der Waals surface area contributed by atoms with Crippen LogP contribution in [0.15, 0.2) is 18.2 Å². The van der Waals surface area contributed by atoms with E-state index in [9.17, 15) is 14.9 Å². The average molecular weight is 284 g/mol. The Kier molecular flexibility index (Phi) is 2.83. The summed E-state index contributed by atoms with van der Waals surface area (Å²) >= 11 is 0. The second-order valence-corrected chi connectivity index (χ2v) is 6.46. The highest BCUT2D eigenvalue weighted by Crippen LogP contribution is 2.37. The number of aryl methyl sites for hydroxylation is 1. The number of hydrogen-bond acceptors (Lipinski definition) is 4. The first-order valence-electron chi connectivity index (χ1n) is 6.89. The molecular formula is C16H16N2O3. The number of hydrogen-bond donors (Lipinski definition) is 0. The van der Waals surface area contributed by atoms with E-state index in [1.807, 2.05) is 6.92 Å². The van der Waals surface area contributed by atoms with Crippen LogP contribution in [0.25, 0.3) is 10.9 Å². The molecule has 0 aliphatic heterocycles. The Hall–Kier alpha value is -2.30. The summed E-state index contributed by atoms with van der Waals surface area (Å²) in [4.78, 5) is 27.5. The number of nitro groups is 1. The zero-order chi connectivity index (χ0) is 15.4. The van der Waals surface area contributed by atoms with Gasteiger partial charge in [0.25, 0.3) is 5.69 Å².